The molecule has 0 saturated heterocycles. The molecule has 0 aliphatic rings. The Kier molecular flexibility index (Phi) is 6.82. The average Bonchev–Trinajstić information content (AvgIpc) is 2.45. The van der Waals surface area contributed by atoms with Gasteiger partial charge >= 0.3 is 12.1 Å². The number of halogens is 2. The number of hydrogen-bond donors (Lipinski definition) is 1. The first-order valence-corrected chi connectivity index (χ1v) is 7.19. The summed E-state index contributed by atoms with van der Waals surface area (Å²) < 4.78 is 36.0. The van der Waals surface area contributed by atoms with Gasteiger partial charge in [-0.25, -0.2) is 13.6 Å². The Balaban J connectivity index is 2.35. The van der Waals surface area contributed by atoms with Crippen LogP contribution in [-0.2, 0) is 14.3 Å². The van der Waals surface area contributed by atoms with Gasteiger partial charge in [0.05, 0.1) is 12.0 Å². The highest BCUT2D eigenvalue weighted by atomic mass is 19.1. The van der Waals surface area contributed by atoms with Crippen LogP contribution in [0.1, 0.15) is 37.6 Å². The minimum absolute atomic E-state index is 0.0454. The molecular weight excluding hydrogens is 324 g/mol. The summed E-state index contributed by atoms with van der Waals surface area (Å²) in [7, 11) is 0. The molecular formula is C16H19F2NO5. The molecule has 0 unspecified atom stereocenters. The number of ketones is 1. The van der Waals surface area contributed by atoms with Crippen LogP contribution in [0.3, 0.4) is 0 Å². The zero-order chi connectivity index (χ0) is 18.3. The third-order valence-electron chi connectivity index (χ3n) is 2.59. The van der Waals surface area contributed by atoms with Gasteiger partial charge in [-0.05, 0) is 39.0 Å². The Morgan fingerprint density at radius 3 is 2.46 bits per heavy atom. The largest absolute Gasteiger partial charge is 0.457 e. The highest BCUT2D eigenvalue weighted by Crippen LogP contribution is 2.11. The molecule has 1 aromatic rings. The summed E-state index contributed by atoms with van der Waals surface area (Å²) in [5.74, 6) is -3.30. The van der Waals surface area contributed by atoms with Gasteiger partial charge in [-0.1, -0.05) is 0 Å². The third kappa shape index (κ3) is 7.17. The minimum atomic E-state index is -0.899. The molecule has 0 aliphatic carbocycles. The molecule has 6 nitrogen and oxygen atoms in total. The summed E-state index contributed by atoms with van der Waals surface area (Å²) in [6.07, 6.45) is -0.883. The van der Waals surface area contributed by atoms with Crippen molar-refractivity contribution in [2.45, 2.75) is 32.8 Å². The van der Waals surface area contributed by atoms with Gasteiger partial charge in [-0.15, -0.1) is 0 Å². The summed E-state index contributed by atoms with van der Waals surface area (Å²) in [4.78, 5) is 34.5. The van der Waals surface area contributed by atoms with Crippen molar-refractivity contribution in [3.8, 4) is 0 Å². The fraction of sp³-hybridized carbons (Fsp3) is 0.438. The van der Waals surface area contributed by atoms with Crippen LogP contribution in [0, 0.1) is 11.6 Å². The number of carbonyl (C=O) groups excluding carboxylic acids is 3. The van der Waals surface area contributed by atoms with E-state index < -0.39 is 47.3 Å². The first-order chi connectivity index (χ1) is 11.1. The van der Waals surface area contributed by atoms with Gasteiger partial charge in [0.1, 0.15) is 17.2 Å². The molecule has 1 rings (SSSR count). The molecule has 0 heterocycles. The van der Waals surface area contributed by atoms with Crippen molar-refractivity contribution in [3.05, 3.63) is 35.4 Å². The van der Waals surface area contributed by atoms with Gasteiger partial charge in [0, 0.05) is 6.54 Å². The number of esters is 1. The van der Waals surface area contributed by atoms with E-state index in [1.165, 1.54) is 0 Å². The van der Waals surface area contributed by atoms with Gasteiger partial charge < -0.3 is 14.8 Å². The molecule has 1 aromatic carbocycles. The number of Topliss-reactive ketones (excluding diaryl/α,β-unsaturated/α-hetero) is 1. The average molecular weight is 343 g/mol. The molecule has 132 valence electrons. The zero-order valence-corrected chi connectivity index (χ0v) is 13.7. The van der Waals surface area contributed by atoms with Crippen LogP contribution < -0.4 is 5.32 Å². The van der Waals surface area contributed by atoms with Crippen molar-refractivity contribution in [2.75, 3.05) is 13.2 Å². The van der Waals surface area contributed by atoms with Crippen LogP contribution in [0.15, 0.2) is 18.2 Å². The predicted octanol–water partition coefficient (Wildman–Crippen LogP) is 2.61. The van der Waals surface area contributed by atoms with E-state index >= 15 is 0 Å². The Morgan fingerprint density at radius 1 is 1.17 bits per heavy atom. The van der Waals surface area contributed by atoms with Crippen molar-refractivity contribution in [2.24, 2.45) is 0 Å². The van der Waals surface area contributed by atoms with Gasteiger partial charge in [0.25, 0.3) is 0 Å². The Morgan fingerprint density at radius 2 is 1.83 bits per heavy atom. The lowest BCUT2D eigenvalue weighted by Crippen LogP contribution is -2.33. The number of ether oxygens (including phenoxy) is 2. The van der Waals surface area contributed by atoms with Gasteiger partial charge in [-0.3, -0.25) is 9.59 Å². The lowest BCUT2D eigenvalue weighted by Gasteiger charge is -2.19. The van der Waals surface area contributed by atoms with Crippen molar-refractivity contribution in [1.29, 1.82) is 0 Å². The van der Waals surface area contributed by atoms with Crippen molar-refractivity contribution >= 4 is 17.8 Å². The maximum Gasteiger partial charge on any atom is 0.407 e. The van der Waals surface area contributed by atoms with E-state index in [0.29, 0.717) is 0 Å². The lowest BCUT2D eigenvalue weighted by atomic mass is 10.1. The second-order valence-electron chi connectivity index (χ2n) is 5.89. The first-order valence-electron chi connectivity index (χ1n) is 7.19. The zero-order valence-electron chi connectivity index (χ0n) is 13.7. The molecule has 0 bridgehead atoms. The van der Waals surface area contributed by atoms with E-state index in [0.717, 1.165) is 18.2 Å². The van der Waals surface area contributed by atoms with E-state index in [9.17, 15) is 23.2 Å². The molecule has 8 heteroatoms. The number of alkyl carbamates (subject to hydrolysis) is 1. The Hall–Kier alpha value is -2.51. The maximum absolute atomic E-state index is 13.4. The molecule has 1 N–H and O–H groups in total. The Bertz CT molecular complexity index is 625. The molecule has 0 spiro atoms. The molecule has 0 saturated carbocycles. The lowest BCUT2D eigenvalue weighted by molar-refractivity contribution is -0.142. The fourth-order valence-corrected chi connectivity index (χ4v) is 1.59. The highest BCUT2D eigenvalue weighted by molar-refractivity contribution is 5.98. The number of nitrogens with one attached hydrogen (secondary N) is 1. The summed E-state index contributed by atoms with van der Waals surface area (Å²) in [5.41, 5.74) is -1.15. The first kappa shape index (κ1) is 19.5. The molecule has 0 radical (unpaired) electrons. The fourth-order valence-electron chi connectivity index (χ4n) is 1.59. The van der Waals surface area contributed by atoms with Crippen LogP contribution in [-0.4, -0.2) is 36.6 Å². The van der Waals surface area contributed by atoms with Crippen LogP contribution in [0.5, 0.6) is 0 Å². The van der Waals surface area contributed by atoms with E-state index in [4.69, 9.17) is 4.74 Å². The van der Waals surface area contributed by atoms with E-state index in [1.807, 2.05) is 0 Å². The maximum atomic E-state index is 13.4. The van der Waals surface area contributed by atoms with E-state index in [2.05, 4.69) is 10.1 Å². The van der Waals surface area contributed by atoms with Gasteiger partial charge in [-0.2, -0.15) is 0 Å². The monoisotopic (exact) mass is 343 g/mol. The smallest absolute Gasteiger partial charge is 0.407 e. The van der Waals surface area contributed by atoms with E-state index in [1.54, 1.807) is 20.8 Å². The number of amides is 1. The van der Waals surface area contributed by atoms with E-state index in [-0.39, 0.29) is 13.0 Å². The van der Waals surface area contributed by atoms with Crippen LogP contribution in [0.2, 0.25) is 0 Å². The quantitative estimate of drug-likeness (QED) is 0.634. The summed E-state index contributed by atoms with van der Waals surface area (Å²) in [6.45, 7) is 4.32. The minimum Gasteiger partial charge on any atom is -0.457 e. The molecule has 24 heavy (non-hydrogen) atoms. The van der Waals surface area contributed by atoms with Gasteiger partial charge in [0.15, 0.2) is 6.61 Å². The Labute approximate surface area is 138 Å². The topological polar surface area (TPSA) is 81.7 Å². The van der Waals surface area contributed by atoms with Crippen LogP contribution in [0.25, 0.3) is 0 Å². The summed E-state index contributed by atoms with van der Waals surface area (Å²) in [5, 5.41) is 2.35. The number of benzene rings is 1. The molecule has 0 aliphatic heterocycles. The van der Waals surface area contributed by atoms with Crippen molar-refractivity contribution in [3.63, 3.8) is 0 Å². The molecule has 0 atom stereocenters. The standard InChI is InChI=1S/C16H19F2NO5/c1-16(2,3)24-15(22)19-7-6-14(21)23-9-13(20)11-8-10(17)4-5-12(11)18/h4-5,8H,6-7,9H2,1-3H3,(H,19,22). The van der Waals surface area contributed by atoms with Crippen LogP contribution >= 0.6 is 0 Å². The van der Waals surface area contributed by atoms with Gasteiger partial charge in [0.2, 0.25) is 5.78 Å². The molecule has 0 fully saturated rings. The summed E-state index contributed by atoms with van der Waals surface area (Å²) in [6, 6.07) is 2.42. The second kappa shape index (κ2) is 8.37. The SMILES string of the molecule is CC(C)(C)OC(=O)NCCC(=O)OCC(=O)c1cc(F)ccc1F. The normalized spacial score (nSPS) is 10.9. The third-order valence-corrected chi connectivity index (χ3v) is 2.59. The van der Waals surface area contributed by atoms with Crippen molar-refractivity contribution < 1.29 is 32.6 Å². The summed E-state index contributed by atoms with van der Waals surface area (Å²) >= 11 is 0. The number of carbonyl (C=O) groups is 3. The highest BCUT2D eigenvalue weighted by Gasteiger charge is 2.17. The predicted molar refractivity (Wildman–Crippen MR) is 80.5 cm³/mol. The number of hydrogen-bond acceptors (Lipinski definition) is 5. The number of rotatable bonds is 6. The second-order valence-corrected chi connectivity index (χ2v) is 5.89. The van der Waals surface area contributed by atoms with Crippen molar-refractivity contribution in [1.82, 2.24) is 5.32 Å². The molecule has 1 amide bonds. The van der Waals surface area contributed by atoms with Crippen LogP contribution in [0.4, 0.5) is 13.6 Å². The molecule has 0 aromatic heterocycles.